The first-order valence-corrected chi connectivity index (χ1v) is 12.4. The molecule has 182 valence electrons. The number of halogens is 1. The third kappa shape index (κ3) is 9.14. The minimum Gasteiger partial charge on any atom is -0.383 e. The first-order valence-electron chi connectivity index (χ1n) is 11.0. The lowest BCUT2D eigenvalue weighted by Crippen LogP contribution is -2.34. The zero-order valence-electron chi connectivity index (χ0n) is 20.0. The van der Waals surface area contributed by atoms with Crippen molar-refractivity contribution in [3.63, 3.8) is 0 Å². The van der Waals surface area contributed by atoms with Gasteiger partial charge in [-0.3, -0.25) is 4.79 Å². The second-order valence-electron chi connectivity index (χ2n) is 9.52. The molecular formula is C25H34FNO5S. The van der Waals surface area contributed by atoms with Crippen LogP contribution in [0.3, 0.4) is 0 Å². The van der Waals surface area contributed by atoms with Crippen molar-refractivity contribution in [3.05, 3.63) is 59.9 Å². The number of carbonyl (C=O) groups is 1. The van der Waals surface area contributed by atoms with E-state index in [-0.39, 0.29) is 27.9 Å². The highest BCUT2D eigenvalue weighted by atomic mass is 32.2. The van der Waals surface area contributed by atoms with Gasteiger partial charge in [0.25, 0.3) is 0 Å². The Bertz CT molecular complexity index is 1020. The van der Waals surface area contributed by atoms with Gasteiger partial charge < -0.3 is 13.8 Å². The predicted octanol–water partition coefficient (Wildman–Crippen LogP) is 5.03. The minimum atomic E-state index is -4.11. The number of nitrogens with zero attached hydrogens (tertiary/aromatic N) is 1. The maximum atomic E-state index is 13.1. The van der Waals surface area contributed by atoms with Crippen molar-refractivity contribution >= 4 is 16.0 Å². The Kier molecular flexibility index (Phi) is 9.43. The van der Waals surface area contributed by atoms with Crippen LogP contribution in [0.15, 0.2) is 53.4 Å². The SMILES string of the molecule is COCCN(Cc1cccc(OS(=O)(=O)c2ccc(F)cc2)c1)C(=O)C[C@@H](C)CC(C)(C)C. The second-order valence-corrected chi connectivity index (χ2v) is 11.1. The number of amides is 1. The molecule has 0 aliphatic carbocycles. The van der Waals surface area contributed by atoms with Crippen molar-refractivity contribution in [3.8, 4) is 5.75 Å². The molecule has 2 aromatic rings. The van der Waals surface area contributed by atoms with E-state index < -0.39 is 15.9 Å². The molecule has 0 heterocycles. The fourth-order valence-electron chi connectivity index (χ4n) is 3.73. The molecule has 0 aromatic heterocycles. The molecule has 0 spiro atoms. The third-order valence-corrected chi connectivity index (χ3v) is 6.24. The van der Waals surface area contributed by atoms with E-state index in [4.69, 9.17) is 8.92 Å². The predicted molar refractivity (Wildman–Crippen MR) is 126 cm³/mol. The van der Waals surface area contributed by atoms with Gasteiger partial charge in [-0.05, 0) is 59.7 Å². The molecule has 0 saturated carbocycles. The van der Waals surface area contributed by atoms with Crippen LogP contribution in [0.4, 0.5) is 4.39 Å². The molecule has 1 amide bonds. The van der Waals surface area contributed by atoms with Gasteiger partial charge >= 0.3 is 10.1 Å². The van der Waals surface area contributed by atoms with Crippen LogP contribution in [-0.4, -0.2) is 39.5 Å². The summed E-state index contributed by atoms with van der Waals surface area (Å²) in [6.45, 7) is 9.67. The van der Waals surface area contributed by atoms with E-state index in [2.05, 4.69) is 27.7 Å². The Labute approximate surface area is 196 Å². The van der Waals surface area contributed by atoms with Crippen LogP contribution < -0.4 is 4.18 Å². The van der Waals surface area contributed by atoms with Crippen molar-refractivity contribution in [2.24, 2.45) is 11.3 Å². The standard InChI is InChI=1S/C25H34FNO5S/c1-19(17-25(2,3)4)15-24(28)27(13-14-31-5)18-20-7-6-8-22(16-20)32-33(29,30)23-11-9-21(26)10-12-23/h6-12,16,19H,13-15,17-18H2,1-5H3/t19-/m1/s1. The van der Waals surface area contributed by atoms with Gasteiger partial charge in [-0.1, -0.05) is 39.8 Å². The Morgan fingerprint density at radius 1 is 1.12 bits per heavy atom. The highest BCUT2D eigenvalue weighted by Gasteiger charge is 2.22. The van der Waals surface area contributed by atoms with Gasteiger partial charge in [0.15, 0.2) is 0 Å². The van der Waals surface area contributed by atoms with Gasteiger partial charge in [0, 0.05) is 26.6 Å². The summed E-state index contributed by atoms with van der Waals surface area (Å²) in [5.41, 5.74) is 0.869. The van der Waals surface area contributed by atoms with Crippen molar-refractivity contribution in [2.75, 3.05) is 20.3 Å². The van der Waals surface area contributed by atoms with Gasteiger partial charge in [-0.2, -0.15) is 8.42 Å². The zero-order chi connectivity index (χ0) is 24.6. The fourth-order valence-corrected chi connectivity index (χ4v) is 4.65. The van der Waals surface area contributed by atoms with E-state index in [0.717, 1.165) is 36.2 Å². The maximum Gasteiger partial charge on any atom is 0.339 e. The minimum absolute atomic E-state index is 0.0223. The molecule has 0 N–H and O–H groups in total. The summed E-state index contributed by atoms with van der Waals surface area (Å²) in [6.07, 6.45) is 1.36. The lowest BCUT2D eigenvalue weighted by molar-refractivity contribution is -0.133. The number of methoxy groups -OCH3 is 1. The first kappa shape index (κ1) is 26.8. The van der Waals surface area contributed by atoms with E-state index >= 15 is 0 Å². The molecule has 0 aliphatic heterocycles. The second kappa shape index (κ2) is 11.6. The molecule has 0 fully saturated rings. The van der Waals surface area contributed by atoms with Crippen molar-refractivity contribution in [1.29, 1.82) is 0 Å². The van der Waals surface area contributed by atoms with Gasteiger partial charge in [-0.25, -0.2) is 4.39 Å². The molecule has 6 nitrogen and oxygen atoms in total. The highest BCUT2D eigenvalue weighted by Crippen LogP contribution is 2.27. The Hall–Kier alpha value is -2.45. The summed E-state index contributed by atoms with van der Waals surface area (Å²) in [7, 11) is -2.52. The van der Waals surface area contributed by atoms with Crippen LogP contribution in [0.5, 0.6) is 5.75 Å². The molecule has 2 rings (SSSR count). The summed E-state index contributed by atoms with van der Waals surface area (Å²) in [4.78, 5) is 14.6. The number of ether oxygens (including phenoxy) is 1. The number of hydrogen-bond acceptors (Lipinski definition) is 5. The van der Waals surface area contributed by atoms with E-state index in [1.807, 2.05) is 6.07 Å². The van der Waals surface area contributed by atoms with Gasteiger partial charge in [0.2, 0.25) is 5.91 Å². The van der Waals surface area contributed by atoms with E-state index in [9.17, 15) is 17.6 Å². The van der Waals surface area contributed by atoms with Crippen LogP contribution in [0.25, 0.3) is 0 Å². The lowest BCUT2D eigenvalue weighted by Gasteiger charge is -2.27. The quantitative estimate of drug-likeness (QED) is 0.423. The molecule has 0 unspecified atom stereocenters. The lowest BCUT2D eigenvalue weighted by atomic mass is 9.84. The van der Waals surface area contributed by atoms with E-state index in [1.165, 1.54) is 6.07 Å². The molecule has 0 saturated heterocycles. The molecule has 0 radical (unpaired) electrons. The number of benzene rings is 2. The summed E-state index contributed by atoms with van der Waals surface area (Å²) in [5, 5.41) is 0. The summed E-state index contributed by atoms with van der Waals surface area (Å²) >= 11 is 0. The van der Waals surface area contributed by atoms with E-state index in [0.29, 0.717) is 26.1 Å². The average Bonchev–Trinajstić information content (AvgIpc) is 2.69. The Morgan fingerprint density at radius 2 is 1.79 bits per heavy atom. The normalized spacial score (nSPS) is 12.9. The Morgan fingerprint density at radius 3 is 2.39 bits per heavy atom. The van der Waals surface area contributed by atoms with Crippen LogP contribution in [0.2, 0.25) is 0 Å². The van der Waals surface area contributed by atoms with Crippen molar-refractivity contribution in [2.45, 2.75) is 52.0 Å². The van der Waals surface area contributed by atoms with Gasteiger partial charge in [-0.15, -0.1) is 0 Å². The van der Waals surface area contributed by atoms with Crippen molar-refractivity contribution in [1.82, 2.24) is 4.90 Å². The first-order chi connectivity index (χ1) is 15.4. The summed E-state index contributed by atoms with van der Waals surface area (Å²) in [5.74, 6) is -0.155. The molecule has 1 atom stereocenters. The van der Waals surface area contributed by atoms with Crippen LogP contribution in [0, 0.1) is 17.2 Å². The topological polar surface area (TPSA) is 72.9 Å². The van der Waals surface area contributed by atoms with Gasteiger partial charge in [0.05, 0.1) is 6.61 Å². The molecular weight excluding hydrogens is 445 g/mol. The molecule has 8 heteroatoms. The van der Waals surface area contributed by atoms with Gasteiger partial charge in [0.1, 0.15) is 16.5 Å². The fraction of sp³-hybridized carbons (Fsp3) is 0.480. The highest BCUT2D eigenvalue weighted by molar-refractivity contribution is 7.87. The molecule has 2 aromatic carbocycles. The molecule has 0 bridgehead atoms. The average molecular weight is 480 g/mol. The Balaban J connectivity index is 2.13. The monoisotopic (exact) mass is 479 g/mol. The molecule has 0 aliphatic rings. The van der Waals surface area contributed by atoms with Crippen LogP contribution >= 0.6 is 0 Å². The third-order valence-electron chi connectivity index (χ3n) is 4.98. The van der Waals surface area contributed by atoms with Crippen LogP contribution in [-0.2, 0) is 26.2 Å². The zero-order valence-corrected chi connectivity index (χ0v) is 20.8. The maximum absolute atomic E-state index is 13.1. The van der Waals surface area contributed by atoms with Crippen LogP contribution in [0.1, 0.15) is 46.1 Å². The largest absolute Gasteiger partial charge is 0.383 e. The summed E-state index contributed by atoms with van der Waals surface area (Å²) < 4.78 is 48.5. The number of rotatable bonds is 11. The summed E-state index contributed by atoms with van der Waals surface area (Å²) in [6, 6.07) is 11.0. The van der Waals surface area contributed by atoms with Crippen molar-refractivity contribution < 1.29 is 26.5 Å². The van der Waals surface area contributed by atoms with E-state index in [1.54, 1.807) is 24.1 Å². The smallest absolute Gasteiger partial charge is 0.339 e. The number of carbonyl (C=O) groups excluding carboxylic acids is 1. The number of hydrogen-bond donors (Lipinski definition) is 0. The molecule has 33 heavy (non-hydrogen) atoms.